The van der Waals surface area contributed by atoms with Crippen LogP contribution in [0, 0.1) is 14.9 Å². The van der Waals surface area contributed by atoms with E-state index in [0.717, 1.165) is 7.11 Å². The Morgan fingerprint density at radius 3 is 1.00 bits per heavy atom. The van der Waals surface area contributed by atoms with Gasteiger partial charge in [-0.25, -0.2) is 0 Å². The molecule has 34 valence electrons. The van der Waals surface area contributed by atoms with Crippen LogP contribution in [0.5, 0.6) is 0 Å². The summed E-state index contributed by atoms with van der Waals surface area (Å²) in [6.07, 6.45) is 0. The molecule has 5 heavy (non-hydrogen) atoms. The van der Waals surface area contributed by atoms with Gasteiger partial charge in [-0.15, -0.1) is 0 Å². The molecule has 0 saturated heterocycles. The molecule has 0 fully saturated rings. The average Bonchev–Trinajstić information content (AvgIpc) is 1.00. The molecular weight excluding hydrogens is 231 g/mol. The molecule has 0 aliphatic heterocycles. The SMILES string of the molecule is CO.[CH3-].[CH3-].[Hf]. The maximum atomic E-state index is 7.00. The minimum Gasteiger partial charge on any atom is -0.400 e. The Morgan fingerprint density at radius 2 is 1.00 bits per heavy atom. The molecule has 0 saturated carbocycles. The summed E-state index contributed by atoms with van der Waals surface area (Å²) in [4.78, 5) is 0. The quantitative estimate of drug-likeness (QED) is 0.483. The van der Waals surface area contributed by atoms with Crippen molar-refractivity contribution < 1.29 is 30.9 Å². The normalized spacial score (nSPS) is 1.20. The van der Waals surface area contributed by atoms with Crippen LogP contribution in [0.2, 0.25) is 0 Å². The van der Waals surface area contributed by atoms with Gasteiger partial charge in [0.05, 0.1) is 0 Å². The smallest absolute Gasteiger partial charge is 0.0319 e. The third-order valence-corrected chi connectivity index (χ3v) is 0. The maximum Gasteiger partial charge on any atom is 0.0319 e. The first-order chi connectivity index (χ1) is 1.00. The van der Waals surface area contributed by atoms with Crippen LogP contribution in [0.3, 0.4) is 0 Å². The summed E-state index contributed by atoms with van der Waals surface area (Å²) in [6, 6.07) is 0. The molecule has 1 nitrogen and oxygen atoms in total. The van der Waals surface area contributed by atoms with E-state index in [1.165, 1.54) is 0 Å². The van der Waals surface area contributed by atoms with Gasteiger partial charge in [-0.1, -0.05) is 0 Å². The van der Waals surface area contributed by atoms with Crippen LogP contribution in [0.1, 0.15) is 0 Å². The molecule has 0 aliphatic rings. The Bertz CT molecular complexity index is 6.85. The van der Waals surface area contributed by atoms with Gasteiger partial charge in [0, 0.05) is 33.0 Å². The number of hydrogen-bond donors (Lipinski definition) is 1. The zero-order valence-electron chi connectivity index (χ0n) is 3.95. The predicted octanol–water partition coefficient (Wildman–Crippen LogP) is 0.507. The molecular formula is C3H10HfO-2. The van der Waals surface area contributed by atoms with Crippen LogP contribution in [0.15, 0.2) is 0 Å². The van der Waals surface area contributed by atoms with Crippen molar-refractivity contribution >= 4 is 0 Å². The van der Waals surface area contributed by atoms with Gasteiger partial charge in [0.25, 0.3) is 0 Å². The maximum absolute atomic E-state index is 7.00. The molecule has 0 amide bonds. The minimum atomic E-state index is 0. The van der Waals surface area contributed by atoms with E-state index >= 15 is 0 Å². The monoisotopic (exact) mass is 242 g/mol. The third-order valence-electron chi connectivity index (χ3n) is 0. The second-order valence-corrected chi connectivity index (χ2v) is 0. The Hall–Kier alpha value is 0.830. The van der Waals surface area contributed by atoms with E-state index in [0.29, 0.717) is 0 Å². The van der Waals surface area contributed by atoms with E-state index in [4.69, 9.17) is 5.11 Å². The van der Waals surface area contributed by atoms with Crippen molar-refractivity contribution in [2.45, 2.75) is 0 Å². The van der Waals surface area contributed by atoms with Crippen molar-refractivity contribution in [1.82, 2.24) is 0 Å². The van der Waals surface area contributed by atoms with Gasteiger partial charge < -0.3 is 20.0 Å². The first-order valence-corrected chi connectivity index (χ1v) is 0.447. The van der Waals surface area contributed by atoms with Crippen molar-refractivity contribution in [3.8, 4) is 0 Å². The van der Waals surface area contributed by atoms with Gasteiger partial charge in [-0.05, 0) is 0 Å². The standard InChI is InChI=1S/CH4O.2CH3.Hf/c1-2;;;/h2H,1H3;2*1H3;/q;2*-1;. The number of rotatable bonds is 0. The second-order valence-electron chi connectivity index (χ2n) is 0. The predicted molar refractivity (Wildman–Crippen MR) is 21.0 cm³/mol. The van der Waals surface area contributed by atoms with Gasteiger partial charge in [0.15, 0.2) is 0 Å². The molecule has 0 bridgehead atoms. The minimum absolute atomic E-state index is 0. The van der Waals surface area contributed by atoms with Crippen LogP contribution in [0.25, 0.3) is 0 Å². The van der Waals surface area contributed by atoms with E-state index in [1.807, 2.05) is 0 Å². The molecule has 0 unspecified atom stereocenters. The van der Waals surface area contributed by atoms with Crippen molar-refractivity contribution in [2.24, 2.45) is 0 Å². The molecule has 0 aromatic carbocycles. The Morgan fingerprint density at radius 1 is 1.00 bits per heavy atom. The van der Waals surface area contributed by atoms with Gasteiger partial charge in [-0.3, -0.25) is 0 Å². The number of aliphatic hydroxyl groups is 1. The zero-order chi connectivity index (χ0) is 2.00. The molecule has 0 aromatic rings. The Kier molecular flexibility index (Phi) is 835. The van der Waals surface area contributed by atoms with Crippen molar-refractivity contribution in [1.29, 1.82) is 0 Å². The summed E-state index contributed by atoms with van der Waals surface area (Å²) in [5.41, 5.74) is 0. The molecule has 0 radical (unpaired) electrons. The molecule has 0 rings (SSSR count). The van der Waals surface area contributed by atoms with Crippen LogP contribution in [-0.4, -0.2) is 12.2 Å². The fraction of sp³-hybridized carbons (Fsp3) is 0.333. The Labute approximate surface area is 53.2 Å². The summed E-state index contributed by atoms with van der Waals surface area (Å²) >= 11 is 0. The van der Waals surface area contributed by atoms with E-state index in [1.54, 1.807) is 0 Å². The fourth-order valence-corrected chi connectivity index (χ4v) is 0. The molecule has 0 spiro atoms. The van der Waals surface area contributed by atoms with Crippen LogP contribution in [-0.2, 0) is 25.8 Å². The summed E-state index contributed by atoms with van der Waals surface area (Å²) < 4.78 is 0. The van der Waals surface area contributed by atoms with Gasteiger partial charge in [0.1, 0.15) is 0 Å². The largest absolute Gasteiger partial charge is 0.400 e. The molecule has 0 aromatic heterocycles. The molecule has 2 heteroatoms. The molecule has 0 atom stereocenters. The molecule has 0 heterocycles. The molecule has 1 N–H and O–H groups in total. The first kappa shape index (κ1) is 40.6. The number of aliphatic hydroxyl groups excluding tert-OH is 1. The van der Waals surface area contributed by atoms with Crippen molar-refractivity contribution in [3.63, 3.8) is 0 Å². The summed E-state index contributed by atoms with van der Waals surface area (Å²) in [5, 5.41) is 7.00. The third kappa shape index (κ3) is 56.1. The zero-order valence-corrected chi connectivity index (χ0v) is 7.54. The van der Waals surface area contributed by atoms with Gasteiger partial charge in [-0.2, -0.15) is 0 Å². The Balaban J connectivity index is -0.00000000167. The fourth-order valence-electron chi connectivity index (χ4n) is 0. The van der Waals surface area contributed by atoms with Crippen LogP contribution < -0.4 is 0 Å². The van der Waals surface area contributed by atoms with Crippen LogP contribution in [0.4, 0.5) is 0 Å². The molecule has 0 aliphatic carbocycles. The number of hydrogen-bond acceptors (Lipinski definition) is 1. The van der Waals surface area contributed by atoms with Crippen LogP contribution >= 0.6 is 0 Å². The van der Waals surface area contributed by atoms with E-state index < -0.39 is 0 Å². The van der Waals surface area contributed by atoms with E-state index in [-0.39, 0.29) is 40.7 Å². The van der Waals surface area contributed by atoms with Crippen molar-refractivity contribution in [2.75, 3.05) is 7.11 Å². The van der Waals surface area contributed by atoms with E-state index in [2.05, 4.69) is 0 Å². The summed E-state index contributed by atoms with van der Waals surface area (Å²) in [7, 11) is 1.00. The first-order valence-electron chi connectivity index (χ1n) is 0.447. The van der Waals surface area contributed by atoms with Crippen molar-refractivity contribution in [3.05, 3.63) is 14.9 Å². The van der Waals surface area contributed by atoms with E-state index in [9.17, 15) is 0 Å². The average molecular weight is 241 g/mol. The topological polar surface area (TPSA) is 20.2 Å². The second kappa shape index (κ2) is 103. The summed E-state index contributed by atoms with van der Waals surface area (Å²) in [5.74, 6) is 0. The van der Waals surface area contributed by atoms with Gasteiger partial charge in [0.2, 0.25) is 0 Å². The van der Waals surface area contributed by atoms with Gasteiger partial charge >= 0.3 is 0 Å². The summed E-state index contributed by atoms with van der Waals surface area (Å²) in [6.45, 7) is 0.